The Balaban J connectivity index is 2.26. The Kier molecular flexibility index (Phi) is 2.62. The molecule has 0 aliphatic heterocycles. The van der Waals surface area contributed by atoms with E-state index in [4.69, 9.17) is 0 Å². The topological polar surface area (TPSA) is 20.2 Å². The van der Waals surface area contributed by atoms with E-state index in [1.54, 1.807) is 12.1 Å². The highest BCUT2D eigenvalue weighted by atomic mass is 79.9. The fourth-order valence-corrected chi connectivity index (χ4v) is 2.14. The van der Waals surface area contributed by atoms with Crippen LogP contribution in [0.3, 0.4) is 0 Å². The number of benzene rings is 1. The standard InChI is InChI=1S/C11H12BrFO/c1-6-4-8(6)11(14)9-5-7(12)2-3-10(9)13/h2-3,5-6,8,11,14H,4H2,1H3. The van der Waals surface area contributed by atoms with Crippen LogP contribution in [0.25, 0.3) is 0 Å². The Morgan fingerprint density at radius 1 is 1.57 bits per heavy atom. The van der Waals surface area contributed by atoms with Crippen molar-refractivity contribution in [3.8, 4) is 0 Å². The monoisotopic (exact) mass is 258 g/mol. The number of hydrogen-bond donors (Lipinski definition) is 1. The van der Waals surface area contributed by atoms with E-state index in [1.165, 1.54) is 6.07 Å². The van der Waals surface area contributed by atoms with E-state index in [0.29, 0.717) is 11.5 Å². The van der Waals surface area contributed by atoms with Crippen molar-refractivity contribution in [3.05, 3.63) is 34.1 Å². The lowest BCUT2D eigenvalue weighted by molar-refractivity contribution is 0.143. The van der Waals surface area contributed by atoms with Gasteiger partial charge in [0.1, 0.15) is 5.82 Å². The summed E-state index contributed by atoms with van der Waals surface area (Å²) in [5.41, 5.74) is 0.411. The van der Waals surface area contributed by atoms with Crippen LogP contribution in [0.2, 0.25) is 0 Å². The van der Waals surface area contributed by atoms with Crippen molar-refractivity contribution in [1.82, 2.24) is 0 Å². The zero-order valence-corrected chi connectivity index (χ0v) is 9.46. The number of aliphatic hydroxyl groups is 1. The van der Waals surface area contributed by atoms with Crippen LogP contribution >= 0.6 is 15.9 Å². The molecule has 1 aliphatic carbocycles. The summed E-state index contributed by atoms with van der Waals surface area (Å²) in [5.74, 6) is 0.432. The highest BCUT2D eigenvalue weighted by Crippen LogP contribution is 2.47. The third kappa shape index (κ3) is 1.84. The average molecular weight is 259 g/mol. The summed E-state index contributed by atoms with van der Waals surface area (Å²) in [4.78, 5) is 0. The minimum atomic E-state index is -0.650. The molecule has 1 N–H and O–H groups in total. The van der Waals surface area contributed by atoms with Gasteiger partial charge in [0.2, 0.25) is 0 Å². The molecular formula is C11H12BrFO. The Hall–Kier alpha value is -0.410. The molecular weight excluding hydrogens is 247 g/mol. The Morgan fingerprint density at radius 2 is 2.21 bits per heavy atom. The minimum Gasteiger partial charge on any atom is -0.388 e. The van der Waals surface area contributed by atoms with Crippen LogP contribution in [-0.4, -0.2) is 5.11 Å². The Bertz CT molecular complexity index is 353. The highest BCUT2D eigenvalue weighted by Gasteiger charge is 2.40. The molecule has 0 heterocycles. The molecule has 0 amide bonds. The van der Waals surface area contributed by atoms with Crippen molar-refractivity contribution in [2.45, 2.75) is 19.4 Å². The third-order valence-corrected chi connectivity index (χ3v) is 3.35. The molecule has 0 spiro atoms. The van der Waals surface area contributed by atoms with Crippen LogP contribution in [0, 0.1) is 17.7 Å². The number of rotatable bonds is 2. The molecule has 1 aromatic rings. The summed E-state index contributed by atoms with van der Waals surface area (Å²) >= 11 is 3.27. The summed E-state index contributed by atoms with van der Waals surface area (Å²) in [5, 5.41) is 9.88. The molecule has 3 unspecified atom stereocenters. The molecule has 3 heteroatoms. The van der Waals surface area contributed by atoms with E-state index >= 15 is 0 Å². The van der Waals surface area contributed by atoms with Gasteiger partial charge < -0.3 is 5.11 Å². The zero-order chi connectivity index (χ0) is 10.3. The molecule has 1 saturated carbocycles. The SMILES string of the molecule is CC1CC1C(O)c1cc(Br)ccc1F. The molecule has 14 heavy (non-hydrogen) atoms. The van der Waals surface area contributed by atoms with Crippen molar-refractivity contribution in [2.24, 2.45) is 11.8 Å². The number of aliphatic hydroxyl groups excluding tert-OH is 1. The van der Waals surface area contributed by atoms with Crippen molar-refractivity contribution < 1.29 is 9.50 Å². The number of halogens is 2. The predicted octanol–water partition coefficient (Wildman–Crippen LogP) is 3.28. The van der Waals surface area contributed by atoms with Gasteiger partial charge >= 0.3 is 0 Å². The van der Waals surface area contributed by atoms with E-state index in [1.807, 2.05) is 0 Å². The molecule has 0 aromatic heterocycles. The van der Waals surface area contributed by atoms with Crippen LogP contribution < -0.4 is 0 Å². The first kappa shape index (κ1) is 10.1. The largest absolute Gasteiger partial charge is 0.388 e. The van der Waals surface area contributed by atoms with Gasteiger partial charge in [-0.3, -0.25) is 0 Å². The highest BCUT2D eigenvalue weighted by molar-refractivity contribution is 9.10. The smallest absolute Gasteiger partial charge is 0.129 e. The van der Waals surface area contributed by atoms with Gasteiger partial charge in [-0.1, -0.05) is 22.9 Å². The molecule has 0 saturated heterocycles. The summed E-state index contributed by atoms with van der Waals surface area (Å²) in [7, 11) is 0. The maximum Gasteiger partial charge on any atom is 0.129 e. The Labute approximate surface area is 91.1 Å². The maximum atomic E-state index is 13.4. The fraction of sp³-hybridized carbons (Fsp3) is 0.455. The summed E-state index contributed by atoms with van der Waals surface area (Å²) in [6.07, 6.45) is 0.343. The van der Waals surface area contributed by atoms with Crippen molar-refractivity contribution in [2.75, 3.05) is 0 Å². The van der Waals surface area contributed by atoms with Crippen LogP contribution in [0.1, 0.15) is 25.0 Å². The quantitative estimate of drug-likeness (QED) is 0.864. The van der Waals surface area contributed by atoms with Gasteiger partial charge in [-0.2, -0.15) is 0 Å². The van der Waals surface area contributed by atoms with Gasteiger partial charge in [-0.05, 0) is 36.5 Å². The Morgan fingerprint density at radius 3 is 2.79 bits per heavy atom. The summed E-state index contributed by atoms with van der Waals surface area (Å²) < 4.78 is 14.2. The van der Waals surface area contributed by atoms with E-state index in [2.05, 4.69) is 22.9 Å². The van der Waals surface area contributed by atoms with Crippen molar-refractivity contribution in [1.29, 1.82) is 0 Å². The molecule has 0 bridgehead atoms. The first-order valence-electron chi connectivity index (χ1n) is 4.72. The molecule has 1 aromatic carbocycles. The lowest BCUT2D eigenvalue weighted by atomic mass is 10.0. The first-order chi connectivity index (χ1) is 6.59. The molecule has 2 rings (SSSR count). The number of hydrogen-bond acceptors (Lipinski definition) is 1. The molecule has 1 fully saturated rings. The average Bonchev–Trinajstić information content (AvgIpc) is 2.86. The van der Waals surface area contributed by atoms with Crippen LogP contribution in [0.4, 0.5) is 4.39 Å². The molecule has 1 nitrogen and oxygen atoms in total. The van der Waals surface area contributed by atoms with E-state index in [9.17, 15) is 9.50 Å². The summed E-state index contributed by atoms with van der Waals surface area (Å²) in [6.45, 7) is 2.07. The minimum absolute atomic E-state index is 0.235. The van der Waals surface area contributed by atoms with Gasteiger partial charge in [-0.25, -0.2) is 4.39 Å². The van der Waals surface area contributed by atoms with Gasteiger partial charge in [0, 0.05) is 10.0 Å². The van der Waals surface area contributed by atoms with Gasteiger partial charge in [0.15, 0.2) is 0 Å². The molecule has 0 radical (unpaired) electrons. The summed E-state index contributed by atoms with van der Waals surface area (Å²) in [6, 6.07) is 4.68. The third-order valence-electron chi connectivity index (χ3n) is 2.85. The molecule has 76 valence electrons. The maximum absolute atomic E-state index is 13.4. The fourth-order valence-electron chi connectivity index (χ4n) is 1.76. The second-order valence-electron chi connectivity index (χ2n) is 3.99. The van der Waals surface area contributed by atoms with Gasteiger partial charge in [0.25, 0.3) is 0 Å². The second-order valence-corrected chi connectivity index (χ2v) is 4.90. The van der Waals surface area contributed by atoms with Crippen LogP contribution in [0.5, 0.6) is 0 Å². The van der Waals surface area contributed by atoms with E-state index < -0.39 is 6.10 Å². The van der Waals surface area contributed by atoms with E-state index in [0.717, 1.165) is 10.9 Å². The van der Waals surface area contributed by atoms with Crippen LogP contribution in [-0.2, 0) is 0 Å². The van der Waals surface area contributed by atoms with Crippen LogP contribution in [0.15, 0.2) is 22.7 Å². The molecule has 3 atom stereocenters. The van der Waals surface area contributed by atoms with Gasteiger partial charge in [-0.15, -0.1) is 0 Å². The molecule has 1 aliphatic rings. The lowest BCUT2D eigenvalue weighted by Crippen LogP contribution is -2.03. The van der Waals surface area contributed by atoms with E-state index in [-0.39, 0.29) is 11.7 Å². The predicted molar refractivity (Wildman–Crippen MR) is 56.3 cm³/mol. The van der Waals surface area contributed by atoms with Gasteiger partial charge in [0.05, 0.1) is 6.10 Å². The zero-order valence-electron chi connectivity index (χ0n) is 7.87. The lowest BCUT2D eigenvalue weighted by Gasteiger charge is -2.11. The second kappa shape index (κ2) is 3.63. The van der Waals surface area contributed by atoms with Crippen molar-refractivity contribution >= 4 is 15.9 Å². The van der Waals surface area contributed by atoms with Crippen molar-refractivity contribution in [3.63, 3.8) is 0 Å². The first-order valence-corrected chi connectivity index (χ1v) is 5.52. The normalized spacial score (nSPS) is 27.4.